The van der Waals surface area contributed by atoms with Gasteiger partial charge in [0.1, 0.15) is 17.3 Å². The van der Waals surface area contributed by atoms with E-state index < -0.39 is 0 Å². The Balaban J connectivity index is 1.37. The highest BCUT2D eigenvalue weighted by atomic mass is 16.5. The number of aryl methyl sites for hydroxylation is 1. The maximum atomic E-state index is 6.51. The number of hydrogen-bond donors (Lipinski definition) is 2. The third-order valence-electron chi connectivity index (χ3n) is 8.66. The Bertz CT molecular complexity index is 1990. The molecule has 3 heterocycles. The monoisotopic (exact) mass is 547 g/mol. The molecule has 42 heavy (non-hydrogen) atoms. The fourth-order valence-electron chi connectivity index (χ4n) is 6.55. The first-order valence-electron chi connectivity index (χ1n) is 14.5. The highest BCUT2D eigenvalue weighted by molar-refractivity contribution is 6.08. The first kappa shape index (κ1) is 24.6. The van der Waals surface area contributed by atoms with Crippen molar-refractivity contribution in [1.82, 2.24) is 9.88 Å². The van der Waals surface area contributed by atoms with Crippen molar-refractivity contribution in [2.24, 2.45) is 4.99 Å². The number of aromatic nitrogens is 1. The third kappa shape index (κ3) is 3.85. The van der Waals surface area contributed by atoms with Crippen LogP contribution in [0.5, 0.6) is 11.5 Å². The molecule has 1 aromatic heterocycles. The SMILES string of the molecule is Cc1c(C)n(C2N=C(c3ccccc3)NC(c3ccccc3)[NH2+]2)c2ccc3c(c12)-c1ccccc1Oc1ccccc1-3. The van der Waals surface area contributed by atoms with Crippen LogP contribution in [-0.4, -0.2) is 10.4 Å². The lowest BCUT2D eigenvalue weighted by molar-refractivity contribution is -0.752. The van der Waals surface area contributed by atoms with Crippen LogP contribution in [0.1, 0.15) is 34.8 Å². The molecule has 0 radical (unpaired) electrons. The largest absolute Gasteiger partial charge is 0.456 e. The summed E-state index contributed by atoms with van der Waals surface area (Å²) in [6.07, 6.45) is -0.173. The molecule has 0 aliphatic carbocycles. The van der Waals surface area contributed by atoms with Crippen LogP contribution in [0, 0.1) is 13.8 Å². The van der Waals surface area contributed by atoms with Crippen LogP contribution in [0.4, 0.5) is 0 Å². The average Bonchev–Trinajstić information content (AvgIpc) is 3.21. The van der Waals surface area contributed by atoms with Crippen molar-refractivity contribution in [2.75, 3.05) is 0 Å². The van der Waals surface area contributed by atoms with Gasteiger partial charge in [0.25, 0.3) is 6.29 Å². The van der Waals surface area contributed by atoms with E-state index in [0.29, 0.717) is 0 Å². The van der Waals surface area contributed by atoms with Crippen LogP contribution in [0.3, 0.4) is 0 Å². The van der Waals surface area contributed by atoms with Crippen LogP contribution in [0.15, 0.2) is 126 Å². The summed E-state index contributed by atoms with van der Waals surface area (Å²) in [7, 11) is 0. The summed E-state index contributed by atoms with van der Waals surface area (Å²) in [5, 5.41) is 7.28. The number of benzene rings is 5. The van der Waals surface area contributed by atoms with Crippen molar-refractivity contribution in [1.29, 1.82) is 0 Å². The average molecular weight is 548 g/mol. The first-order valence-corrected chi connectivity index (χ1v) is 14.5. The van der Waals surface area contributed by atoms with Gasteiger partial charge in [0.15, 0.2) is 6.17 Å². The molecule has 0 bridgehead atoms. The third-order valence-corrected chi connectivity index (χ3v) is 8.66. The van der Waals surface area contributed by atoms with Crippen molar-refractivity contribution < 1.29 is 10.1 Å². The lowest BCUT2D eigenvalue weighted by Gasteiger charge is -2.30. The van der Waals surface area contributed by atoms with Crippen molar-refractivity contribution in [3.8, 4) is 33.8 Å². The molecule has 0 fully saturated rings. The number of fused-ring (bicyclic) bond motifs is 7. The second-order valence-corrected chi connectivity index (χ2v) is 11.0. The second-order valence-electron chi connectivity index (χ2n) is 11.0. The number of nitrogens with two attached hydrogens (primary N) is 1. The number of aliphatic imine (C=N–C) groups is 1. The fourth-order valence-corrected chi connectivity index (χ4v) is 6.55. The molecule has 8 rings (SSSR count). The molecule has 5 nitrogen and oxygen atoms in total. The number of amidine groups is 1. The van der Waals surface area contributed by atoms with Gasteiger partial charge >= 0.3 is 0 Å². The highest BCUT2D eigenvalue weighted by Crippen LogP contribution is 2.50. The summed E-state index contributed by atoms with van der Waals surface area (Å²) in [4.78, 5) is 5.32. The zero-order chi connectivity index (χ0) is 28.2. The molecule has 2 aliphatic heterocycles. The van der Waals surface area contributed by atoms with Crippen LogP contribution < -0.4 is 15.4 Å². The molecule has 2 aliphatic rings. The van der Waals surface area contributed by atoms with E-state index in [9.17, 15) is 0 Å². The minimum atomic E-state index is -0.189. The van der Waals surface area contributed by atoms with Crippen molar-refractivity contribution in [2.45, 2.75) is 26.3 Å². The molecule has 204 valence electrons. The minimum Gasteiger partial charge on any atom is -0.456 e. The standard InChI is InChI=1S/C37H30N4O/c1-23-24(2)41(37-39-35(25-13-5-3-6-14-25)38-36(40-37)26-15-7-4-8-16-26)30-22-21-28-27-17-9-11-19-31(27)42-32-20-12-10-18-29(32)34(28)33(23)30/h3-22,35,37,39H,1-2H3,(H,38,40)/p+1. The first-order chi connectivity index (χ1) is 20.7. The number of rotatable bonds is 3. The van der Waals surface area contributed by atoms with Crippen LogP contribution in [0.25, 0.3) is 33.2 Å². The summed E-state index contributed by atoms with van der Waals surface area (Å²) >= 11 is 0. The van der Waals surface area contributed by atoms with E-state index >= 15 is 0 Å². The summed E-state index contributed by atoms with van der Waals surface area (Å²) in [6.45, 7) is 4.46. The van der Waals surface area contributed by atoms with Crippen molar-refractivity contribution in [3.05, 3.63) is 144 Å². The number of hydrogen-bond acceptors (Lipinski definition) is 3. The summed E-state index contributed by atoms with van der Waals surface area (Å²) in [5.41, 5.74) is 10.6. The van der Waals surface area contributed by atoms with Crippen LogP contribution >= 0.6 is 0 Å². The molecular formula is C37H31N4O+. The number of nitrogens with one attached hydrogen (secondary N) is 1. The van der Waals surface area contributed by atoms with Gasteiger partial charge in [-0.3, -0.25) is 9.88 Å². The fraction of sp³-hybridized carbons (Fsp3) is 0.108. The zero-order valence-electron chi connectivity index (χ0n) is 23.6. The number of nitrogens with zero attached hydrogens (tertiary/aromatic N) is 2. The van der Waals surface area contributed by atoms with E-state index in [1.54, 1.807) is 0 Å². The van der Waals surface area contributed by atoms with Gasteiger partial charge in [-0.1, -0.05) is 103 Å². The van der Waals surface area contributed by atoms with Gasteiger partial charge in [-0.25, -0.2) is 0 Å². The Labute approximate surface area is 245 Å². The number of ether oxygens (including phenoxy) is 1. The van der Waals surface area contributed by atoms with Gasteiger partial charge in [-0.05, 0) is 43.2 Å². The van der Waals surface area contributed by atoms with Gasteiger partial charge in [0, 0.05) is 38.9 Å². The molecule has 2 atom stereocenters. The van der Waals surface area contributed by atoms with E-state index in [2.05, 4.69) is 132 Å². The molecule has 5 heteroatoms. The highest BCUT2D eigenvalue weighted by Gasteiger charge is 2.33. The smallest absolute Gasteiger partial charge is 0.268 e. The van der Waals surface area contributed by atoms with Crippen molar-refractivity contribution in [3.63, 3.8) is 0 Å². The normalized spacial score (nSPS) is 17.2. The van der Waals surface area contributed by atoms with E-state index in [1.807, 2.05) is 18.2 Å². The molecule has 2 unspecified atom stereocenters. The molecule has 3 N–H and O–H groups in total. The van der Waals surface area contributed by atoms with Gasteiger partial charge in [-0.2, -0.15) is 4.99 Å². The topological polar surface area (TPSA) is 55.2 Å². The predicted molar refractivity (Wildman–Crippen MR) is 169 cm³/mol. The molecule has 0 saturated heterocycles. The lowest BCUT2D eigenvalue weighted by atomic mass is 9.90. The molecule has 0 spiro atoms. The van der Waals surface area contributed by atoms with E-state index in [0.717, 1.165) is 34.0 Å². The van der Waals surface area contributed by atoms with Gasteiger partial charge in [-0.15, -0.1) is 0 Å². The number of quaternary nitrogens is 1. The number of para-hydroxylation sites is 2. The lowest BCUT2D eigenvalue weighted by Crippen LogP contribution is -2.91. The van der Waals surface area contributed by atoms with E-state index in [4.69, 9.17) is 9.73 Å². The van der Waals surface area contributed by atoms with Crippen LogP contribution in [0.2, 0.25) is 0 Å². The zero-order valence-corrected chi connectivity index (χ0v) is 23.6. The molecule has 6 aromatic rings. The Kier molecular flexibility index (Phi) is 5.72. The molecular weight excluding hydrogens is 516 g/mol. The Hall–Kier alpha value is -5.13. The van der Waals surface area contributed by atoms with Gasteiger partial charge in [0.2, 0.25) is 0 Å². The quantitative estimate of drug-likeness (QED) is 0.241. The van der Waals surface area contributed by atoms with Crippen molar-refractivity contribution >= 4 is 16.7 Å². The summed E-state index contributed by atoms with van der Waals surface area (Å²) < 4.78 is 8.92. The van der Waals surface area contributed by atoms with E-state index in [1.165, 1.54) is 38.9 Å². The van der Waals surface area contributed by atoms with E-state index in [-0.39, 0.29) is 12.5 Å². The Morgan fingerprint density at radius 1 is 0.690 bits per heavy atom. The second kappa shape index (κ2) is 9.75. The summed E-state index contributed by atoms with van der Waals surface area (Å²) in [6, 6.07) is 42.3. The molecule has 0 amide bonds. The summed E-state index contributed by atoms with van der Waals surface area (Å²) in [5.74, 6) is 2.66. The molecule has 5 aromatic carbocycles. The Morgan fingerprint density at radius 2 is 1.33 bits per heavy atom. The maximum Gasteiger partial charge on any atom is 0.268 e. The van der Waals surface area contributed by atoms with Gasteiger partial charge < -0.3 is 10.1 Å². The minimum absolute atomic E-state index is 0.0166. The molecule has 0 saturated carbocycles. The Morgan fingerprint density at radius 3 is 2.10 bits per heavy atom. The van der Waals surface area contributed by atoms with Gasteiger partial charge in [0.05, 0.1) is 5.52 Å². The van der Waals surface area contributed by atoms with Crippen LogP contribution in [-0.2, 0) is 0 Å². The maximum absolute atomic E-state index is 6.51. The predicted octanol–water partition coefficient (Wildman–Crippen LogP) is 7.47.